The van der Waals surface area contributed by atoms with Crippen LogP contribution in [-0.4, -0.2) is 30.7 Å². The number of hydrogen-bond acceptors (Lipinski definition) is 2. The molecule has 3 atom stereocenters. The molecule has 1 saturated heterocycles. The number of nitrogens with zero attached hydrogens (tertiary/aromatic N) is 1. The monoisotopic (exact) mass is 399 g/mol. The Morgan fingerprint density at radius 2 is 1.77 bits per heavy atom. The molecule has 2 rings (SSSR count). The molecule has 0 aliphatic carbocycles. The molecular formula is C21H34ClNO2S. The first kappa shape index (κ1) is 21.7. The Kier molecular flexibility index (Phi) is 8.43. The highest BCUT2D eigenvalue weighted by Crippen LogP contribution is 2.37. The van der Waals surface area contributed by atoms with Gasteiger partial charge in [-0.05, 0) is 44.2 Å². The summed E-state index contributed by atoms with van der Waals surface area (Å²) >= 11 is 6.59. The topological polar surface area (TPSA) is 37.4 Å². The second-order valence-corrected chi connectivity index (χ2v) is 10.0. The van der Waals surface area contributed by atoms with Crippen LogP contribution in [-0.2, 0) is 10.0 Å². The first-order chi connectivity index (χ1) is 12.4. The van der Waals surface area contributed by atoms with Crippen molar-refractivity contribution in [2.75, 3.05) is 6.54 Å². The van der Waals surface area contributed by atoms with E-state index in [1.54, 1.807) is 16.4 Å². The van der Waals surface area contributed by atoms with Gasteiger partial charge in [0.1, 0.15) is 0 Å². The highest BCUT2D eigenvalue weighted by Gasteiger charge is 2.43. The molecule has 1 aliphatic heterocycles. The minimum atomic E-state index is -3.45. The largest absolute Gasteiger partial charge is 0.243 e. The van der Waals surface area contributed by atoms with E-state index >= 15 is 0 Å². The van der Waals surface area contributed by atoms with Gasteiger partial charge in [0.2, 0.25) is 10.0 Å². The van der Waals surface area contributed by atoms with Crippen LogP contribution in [0.1, 0.15) is 70.8 Å². The van der Waals surface area contributed by atoms with E-state index in [-0.39, 0.29) is 17.3 Å². The molecule has 3 nitrogen and oxygen atoms in total. The lowest BCUT2D eigenvalue weighted by Crippen LogP contribution is -2.39. The second kappa shape index (κ2) is 10.1. The average molecular weight is 400 g/mol. The van der Waals surface area contributed by atoms with E-state index in [9.17, 15) is 8.42 Å². The molecule has 1 heterocycles. The predicted molar refractivity (Wildman–Crippen MR) is 110 cm³/mol. The van der Waals surface area contributed by atoms with Crippen molar-refractivity contribution in [2.24, 2.45) is 5.92 Å². The summed E-state index contributed by atoms with van der Waals surface area (Å²) in [5, 5.41) is 0.0499. The minimum Gasteiger partial charge on any atom is -0.207 e. The Bertz CT molecular complexity index is 644. The number of halogens is 1. The van der Waals surface area contributed by atoms with Crippen molar-refractivity contribution in [3.63, 3.8) is 0 Å². The first-order valence-corrected chi connectivity index (χ1v) is 12.0. The van der Waals surface area contributed by atoms with Gasteiger partial charge in [0.05, 0.1) is 4.90 Å². The third kappa shape index (κ3) is 5.24. The van der Waals surface area contributed by atoms with Gasteiger partial charge in [-0.15, -0.1) is 11.6 Å². The van der Waals surface area contributed by atoms with Crippen LogP contribution < -0.4 is 0 Å². The quantitative estimate of drug-likeness (QED) is 0.371. The lowest BCUT2D eigenvalue weighted by atomic mass is 9.91. The van der Waals surface area contributed by atoms with E-state index in [1.165, 1.54) is 25.7 Å². The average Bonchev–Trinajstić information content (AvgIpc) is 3.06. The van der Waals surface area contributed by atoms with E-state index in [0.29, 0.717) is 11.4 Å². The molecule has 0 bridgehead atoms. The maximum absolute atomic E-state index is 13.2. The standard InChI is InChI=1S/C21H34ClNO2S/c1-4-6-7-8-9-10-21-19(20(22)5-2)15-16-23(21)26(24,25)18-13-11-17(3)12-14-18/h11-14,19-21H,4-10,15-16H2,1-3H3/t19-,20-,21-/m0/s1. The Balaban J connectivity index is 2.16. The lowest BCUT2D eigenvalue weighted by Gasteiger charge is -2.29. The Labute approximate surface area is 165 Å². The summed E-state index contributed by atoms with van der Waals surface area (Å²) in [5.74, 6) is 0.257. The zero-order valence-electron chi connectivity index (χ0n) is 16.5. The van der Waals surface area contributed by atoms with Crippen LogP contribution in [0.2, 0.25) is 0 Å². The summed E-state index contributed by atoms with van der Waals surface area (Å²) in [6.07, 6.45) is 8.64. The van der Waals surface area contributed by atoms with Gasteiger partial charge in [-0.3, -0.25) is 0 Å². The molecule has 0 saturated carbocycles. The van der Waals surface area contributed by atoms with Gasteiger partial charge in [0.25, 0.3) is 0 Å². The van der Waals surface area contributed by atoms with E-state index < -0.39 is 10.0 Å². The van der Waals surface area contributed by atoms with Gasteiger partial charge in [-0.25, -0.2) is 8.42 Å². The van der Waals surface area contributed by atoms with Gasteiger partial charge < -0.3 is 0 Å². The summed E-state index contributed by atoms with van der Waals surface area (Å²) in [6.45, 7) is 6.86. The van der Waals surface area contributed by atoms with Crippen LogP contribution in [0.15, 0.2) is 29.2 Å². The number of hydrogen-bond donors (Lipinski definition) is 0. The highest BCUT2D eigenvalue weighted by molar-refractivity contribution is 7.89. The Morgan fingerprint density at radius 1 is 1.12 bits per heavy atom. The molecule has 0 amide bonds. The van der Waals surface area contributed by atoms with E-state index in [1.807, 2.05) is 19.1 Å². The zero-order valence-corrected chi connectivity index (χ0v) is 18.0. The molecule has 1 aliphatic rings. The number of aryl methyl sites for hydroxylation is 1. The maximum atomic E-state index is 13.2. The Morgan fingerprint density at radius 3 is 2.38 bits per heavy atom. The van der Waals surface area contributed by atoms with Crippen molar-refractivity contribution in [2.45, 2.75) is 88.5 Å². The molecule has 0 N–H and O–H groups in total. The SMILES string of the molecule is CCCCCCC[C@H]1[C@H]([C@@H](Cl)CC)CCN1S(=O)(=O)c1ccc(C)cc1. The first-order valence-electron chi connectivity index (χ1n) is 10.1. The zero-order chi connectivity index (χ0) is 19.2. The summed E-state index contributed by atoms with van der Waals surface area (Å²) in [5.41, 5.74) is 1.07. The van der Waals surface area contributed by atoms with Crippen LogP contribution in [0.25, 0.3) is 0 Å². The third-order valence-corrected chi connectivity index (χ3v) is 8.20. The van der Waals surface area contributed by atoms with Crippen molar-refractivity contribution < 1.29 is 8.42 Å². The number of unbranched alkanes of at least 4 members (excludes halogenated alkanes) is 4. The normalized spacial score (nSPS) is 22.6. The molecule has 26 heavy (non-hydrogen) atoms. The lowest BCUT2D eigenvalue weighted by molar-refractivity contribution is 0.300. The minimum absolute atomic E-state index is 0.0328. The number of rotatable bonds is 10. The molecule has 5 heteroatoms. The van der Waals surface area contributed by atoms with Crippen molar-refractivity contribution in [3.05, 3.63) is 29.8 Å². The highest BCUT2D eigenvalue weighted by atomic mass is 35.5. The van der Waals surface area contributed by atoms with E-state index in [0.717, 1.165) is 31.2 Å². The molecular weight excluding hydrogens is 366 g/mol. The molecule has 0 unspecified atom stereocenters. The molecule has 1 aromatic rings. The molecule has 1 aromatic carbocycles. The second-order valence-electron chi connectivity index (χ2n) is 7.58. The predicted octanol–water partition coefficient (Wildman–Crippen LogP) is 5.75. The van der Waals surface area contributed by atoms with Gasteiger partial charge in [-0.2, -0.15) is 4.31 Å². The molecule has 0 aromatic heterocycles. The van der Waals surface area contributed by atoms with Gasteiger partial charge in [0.15, 0.2) is 0 Å². The van der Waals surface area contributed by atoms with E-state index in [2.05, 4.69) is 13.8 Å². The van der Waals surface area contributed by atoms with Crippen molar-refractivity contribution >= 4 is 21.6 Å². The van der Waals surface area contributed by atoms with Crippen LogP contribution in [0, 0.1) is 12.8 Å². The molecule has 1 fully saturated rings. The summed E-state index contributed by atoms with van der Waals surface area (Å²) in [7, 11) is -3.45. The smallest absolute Gasteiger partial charge is 0.207 e. The Hall–Kier alpha value is -0.580. The summed E-state index contributed by atoms with van der Waals surface area (Å²) < 4.78 is 28.2. The van der Waals surface area contributed by atoms with Crippen molar-refractivity contribution in [1.29, 1.82) is 0 Å². The fourth-order valence-corrected chi connectivity index (χ4v) is 6.04. The molecule has 0 radical (unpaired) electrons. The van der Waals surface area contributed by atoms with Crippen molar-refractivity contribution in [1.82, 2.24) is 4.31 Å². The van der Waals surface area contributed by atoms with E-state index in [4.69, 9.17) is 11.6 Å². The molecule has 148 valence electrons. The van der Waals surface area contributed by atoms with Crippen LogP contribution >= 0.6 is 11.6 Å². The van der Waals surface area contributed by atoms with Gasteiger partial charge in [-0.1, -0.05) is 63.6 Å². The summed E-state index contributed by atoms with van der Waals surface area (Å²) in [6, 6.07) is 7.24. The maximum Gasteiger partial charge on any atom is 0.243 e. The summed E-state index contributed by atoms with van der Waals surface area (Å²) in [4.78, 5) is 0.405. The van der Waals surface area contributed by atoms with Crippen LogP contribution in [0.4, 0.5) is 0 Å². The van der Waals surface area contributed by atoms with Gasteiger partial charge in [0, 0.05) is 18.0 Å². The number of sulfonamides is 1. The molecule has 0 spiro atoms. The van der Waals surface area contributed by atoms with Crippen molar-refractivity contribution in [3.8, 4) is 0 Å². The number of alkyl halides is 1. The van der Waals surface area contributed by atoms with Crippen LogP contribution in [0.3, 0.4) is 0 Å². The van der Waals surface area contributed by atoms with Gasteiger partial charge >= 0.3 is 0 Å². The van der Waals surface area contributed by atoms with Crippen LogP contribution in [0.5, 0.6) is 0 Å². The fourth-order valence-electron chi connectivity index (χ4n) is 4.03. The fraction of sp³-hybridized carbons (Fsp3) is 0.714. The number of benzene rings is 1. The third-order valence-electron chi connectivity index (χ3n) is 5.63.